The average Bonchev–Trinajstić information content (AvgIpc) is 1.12. The first-order chi connectivity index (χ1) is 4.00. The van der Waals surface area contributed by atoms with Crippen molar-refractivity contribution in [3.8, 4) is 0 Å². The summed E-state index contributed by atoms with van der Waals surface area (Å²) in [6.45, 7) is 0. The smallest absolute Gasteiger partial charge is 0.0311 e. The summed E-state index contributed by atoms with van der Waals surface area (Å²) in [5.41, 5.74) is 0. The van der Waals surface area contributed by atoms with Gasteiger partial charge in [-0.1, -0.05) is 0 Å². The minimum atomic E-state index is -5.39. The van der Waals surface area contributed by atoms with Crippen molar-refractivity contribution in [2.24, 2.45) is 0 Å². The molecule has 0 radical (unpaired) electrons. The molecule has 0 atom stereocenters. The Morgan fingerprint density at radius 2 is 0.917 bits per heavy atom. The number of rotatable bonds is 0. The van der Waals surface area contributed by atoms with Crippen LogP contribution in [0.15, 0.2) is 0 Å². The lowest BCUT2D eigenvalue weighted by molar-refractivity contribution is -0.432. The van der Waals surface area contributed by atoms with Gasteiger partial charge >= 0.3 is 0 Å². The summed E-state index contributed by atoms with van der Waals surface area (Å²) in [5.74, 6) is 0. The van der Waals surface area contributed by atoms with Crippen LogP contribution >= 0.6 is 7.82 Å². The van der Waals surface area contributed by atoms with Gasteiger partial charge in [-0.3, -0.25) is 8.42 Å². The maximum Gasteiger partial charge on any atom is 0.0311 e. The highest BCUT2D eigenvalue weighted by molar-refractivity contribution is 7.79. The van der Waals surface area contributed by atoms with Gasteiger partial charge < -0.3 is 40.7 Å². The van der Waals surface area contributed by atoms with Crippen molar-refractivity contribution in [2.45, 2.75) is 0 Å². The molecule has 0 aromatic rings. The number of hydrogen-bond acceptors (Lipinski definition) is 8. The first-order valence-electron chi connectivity index (χ1n) is 1.40. The lowest BCUT2D eigenvalue weighted by Gasteiger charge is -2.36. The third-order valence-corrected chi connectivity index (χ3v) is 0. The molecule has 0 aromatic heterocycles. The van der Waals surface area contributed by atoms with Crippen LogP contribution in [-0.2, 0) is 15.0 Å². The Morgan fingerprint density at radius 3 is 0.917 bits per heavy atom. The molecule has 0 aliphatic rings. The van der Waals surface area contributed by atoms with E-state index in [9.17, 15) is 0 Å². The molecule has 10 nitrogen and oxygen atoms in total. The minimum absolute atomic E-state index is 0. The fourth-order valence-corrected chi connectivity index (χ4v) is 0. The van der Waals surface area contributed by atoms with Crippen molar-refractivity contribution in [3.63, 3.8) is 0 Å². The molecule has 0 heterocycles. The molecule has 0 unspecified atom stereocenters. The Bertz CT molecular complexity index is 195. The molecule has 0 spiro atoms. The van der Waals surface area contributed by atoms with Crippen LogP contribution in [0.2, 0.25) is 0 Å². The Morgan fingerprint density at radius 1 is 0.917 bits per heavy atom. The fourth-order valence-electron chi connectivity index (χ4n) is 0. The molecule has 12 heavy (non-hydrogen) atoms. The predicted octanol–water partition coefficient (Wildman–Crippen LogP) is -3.41. The largest absolute Gasteiger partial charge is 0.822 e. The van der Waals surface area contributed by atoms with Crippen LogP contribution in [0.25, 0.3) is 0 Å². The third kappa shape index (κ3) is 78400. The quantitative estimate of drug-likeness (QED) is 0.239. The molecule has 0 saturated heterocycles. The molecule has 0 fully saturated rings. The van der Waals surface area contributed by atoms with E-state index in [0.717, 1.165) is 0 Å². The third-order valence-electron chi connectivity index (χ3n) is 0. The maximum absolute atomic E-state index is 8.55. The fraction of sp³-hybridized carbons (Fsp3) is 0. The van der Waals surface area contributed by atoms with Crippen LogP contribution in [0.3, 0.4) is 0 Å². The van der Waals surface area contributed by atoms with E-state index >= 15 is 0 Å². The van der Waals surface area contributed by atoms with Gasteiger partial charge in [0.05, 0.1) is 0 Å². The van der Waals surface area contributed by atoms with Gasteiger partial charge in [0, 0.05) is 10.4 Å². The predicted molar refractivity (Wildman–Crippen MR) is 30.1 cm³/mol. The van der Waals surface area contributed by atoms with Crippen molar-refractivity contribution < 1.29 is 36.8 Å². The maximum atomic E-state index is 8.55. The van der Waals surface area contributed by atoms with Gasteiger partial charge in [-0.2, -0.15) is 7.82 Å². The SMILES string of the molecule is O=P([O-])([O-])[O-].O=S(=O)([O-])[O-].[NH4+].[NH4+]. The van der Waals surface area contributed by atoms with E-state index in [1.54, 1.807) is 0 Å². The average molecular weight is 227 g/mol. The van der Waals surface area contributed by atoms with Crippen molar-refractivity contribution in [2.75, 3.05) is 0 Å². The summed E-state index contributed by atoms with van der Waals surface area (Å²) in [6, 6.07) is 0. The van der Waals surface area contributed by atoms with Gasteiger partial charge in [-0.05, 0) is 0 Å². The van der Waals surface area contributed by atoms with Crippen molar-refractivity contribution in [1.29, 1.82) is 0 Å². The highest BCUT2D eigenvalue weighted by atomic mass is 32.3. The van der Waals surface area contributed by atoms with Gasteiger partial charge in [0.25, 0.3) is 0 Å². The highest BCUT2D eigenvalue weighted by Gasteiger charge is 1.49. The molecule has 0 rings (SSSR count). The molecule has 0 aliphatic heterocycles. The monoisotopic (exact) mass is 227 g/mol. The Balaban J connectivity index is -0.0000000457. The van der Waals surface area contributed by atoms with Gasteiger partial charge in [-0.25, -0.2) is 0 Å². The van der Waals surface area contributed by atoms with E-state index in [2.05, 4.69) is 0 Å². The summed E-state index contributed by atoms with van der Waals surface area (Å²) in [7, 11) is -10.6. The topological polar surface area (TPSA) is 240 Å². The summed E-state index contributed by atoms with van der Waals surface area (Å²) < 4.78 is 42.6. The summed E-state index contributed by atoms with van der Waals surface area (Å²) in [6.07, 6.45) is 0. The standard InChI is InChI=1S/2H3N.H3O4P.H2O4S/c;;2*1-5(2,3)4/h2*1H3;(H3,1,2,3,4);(H2,1,2,3,4)/p-3. The molecule has 0 aromatic carbocycles. The van der Waals surface area contributed by atoms with Gasteiger partial charge in [0.15, 0.2) is 0 Å². The molecule has 0 amide bonds. The van der Waals surface area contributed by atoms with E-state index in [4.69, 9.17) is 36.8 Å². The van der Waals surface area contributed by atoms with Crippen LogP contribution in [-0.4, -0.2) is 17.5 Å². The van der Waals surface area contributed by atoms with Crippen LogP contribution in [0.5, 0.6) is 0 Å². The second kappa shape index (κ2) is 7.54. The molecule has 8 N–H and O–H groups in total. The van der Waals surface area contributed by atoms with Gasteiger partial charge in [0.2, 0.25) is 0 Å². The van der Waals surface area contributed by atoms with Gasteiger partial charge in [0.1, 0.15) is 0 Å². The normalized spacial score (nSPS) is 9.75. The lowest BCUT2D eigenvalue weighted by Crippen LogP contribution is -2.24. The second-order valence-electron chi connectivity index (χ2n) is 0.855. The molecule has 0 aliphatic carbocycles. The van der Waals surface area contributed by atoms with Crippen molar-refractivity contribution in [1.82, 2.24) is 12.3 Å². The van der Waals surface area contributed by atoms with Crippen LogP contribution in [0.1, 0.15) is 0 Å². The minimum Gasteiger partial charge on any atom is -0.822 e. The molecule has 12 heteroatoms. The van der Waals surface area contributed by atoms with E-state index in [0.29, 0.717) is 0 Å². The number of phosphoric acid groups is 1. The first-order valence-corrected chi connectivity index (χ1v) is 4.19. The van der Waals surface area contributed by atoms with E-state index in [1.807, 2.05) is 0 Å². The van der Waals surface area contributed by atoms with Crippen LogP contribution < -0.4 is 27.0 Å². The molecular formula is H8N2O8PS-3. The van der Waals surface area contributed by atoms with Crippen LogP contribution in [0, 0.1) is 0 Å². The van der Waals surface area contributed by atoms with Crippen molar-refractivity contribution >= 4 is 18.2 Å². The molecular weight excluding hydrogens is 219 g/mol. The van der Waals surface area contributed by atoms with E-state index < -0.39 is 18.2 Å². The molecule has 80 valence electrons. The first kappa shape index (κ1) is 22.7. The Hall–Kier alpha value is -0.100. The summed E-state index contributed by atoms with van der Waals surface area (Å²) in [4.78, 5) is 25.6. The Labute approximate surface area is 68.2 Å². The zero-order chi connectivity index (χ0) is 9.00. The molecule has 0 bridgehead atoms. The summed E-state index contributed by atoms with van der Waals surface area (Å²) >= 11 is 0. The molecule has 0 saturated carbocycles. The zero-order valence-corrected chi connectivity index (χ0v) is 7.83. The number of hydrogen-bond donors (Lipinski definition) is 2. The summed E-state index contributed by atoms with van der Waals surface area (Å²) in [5, 5.41) is 0. The second-order valence-corrected chi connectivity index (χ2v) is 2.57. The van der Waals surface area contributed by atoms with E-state index in [-0.39, 0.29) is 12.3 Å². The lowest BCUT2D eigenvalue weighted by atomic mass is 14.0. The van der Waals surface area contributed by atoms with E-state index in [1.165, 1.54) is 0 Å². The van der Waals surface area contributed by atoms with Gasteiger partial charge in [-0.15, -0.1) is 0 Å². The zero-order valence-electron chi connectivity index (χ0n) is 6.12. The highest BCUT2D eigenvalue weighted by Crippen LogP contribution is 2.03. The Kier molecular flexibility index (Phi) is 14.2. The number of quaternary nitrogens is 2. The van der Waals surface area contributed by atoms with Crippen LogP contribution in [0.4, 0.5) is 0 Å². The van der Waals surface area contributed by atoms with Crippen molar-refractivity contribution in [3.05, 3.63) is 0 Å².